The van der Waals surface area contributed by atoms with E-state index < -0.39 is 0 Å². The Kier molecular flexibility index (Phi) is 5.91. The minimum Gasteiger partial charge on any atom is -0.354 e. The lowest BCUT2D eigenvalue weighted by molar-refractivity contribution is -0.120. The maximum atomic E-state index is 12.4. The summed E-state index contributed by atoms with van der Waals surface area (Å²) in [7, 11) is 0. The van der Waals surface area contributed by atoms with Crippen LogP contribution in [0.5, 0.6) is 0 Å². The molecule has 2 aromatic heterocycles. The van der Waals surface area contributed by atoms with E-state index in [-0.39, 0.29) is 18.4 Å². The highest BCUT2D eigenvalue weighted by Gasteiger charge is 2.17. The molecule has 0 saturated carbocycles. The number of fused-ring (bicyclic) bond motifs is 1. The monoisotopic (exact) mass is 368 g/mol. The van der Waals surface area contributed by atoms with Crippen molar-refractivity contribution in [1.82, 2.24) is 20.0 Å². The van der Waals surface area contributed by atoms with Gasteiger partial charge >= 0.3 is 0 Å². The molecule has 0 spiro atoms. The zero-order valence-corrected chi connectivity index (χ0v) is 15.3. The number of thioether (sulfide) groups is 1. The van der Waals surface area contributed by atoms with E-state index in [1.807, 2.05) is 65.4 Å². The molecule has 0 radical (unpaired) electrons. The van der Waals surface area contributed by atoms with Crippen LogP contribution >= 0.6 is 11.8 Å². The Bertz CT molecular complexity index is 908. The second-order valence-electron chi connectivity index (χ2n) is 5.67. The summed E-state index contributed by atoms with van der Waals surface area (Å²) in [4.78, 5) is 28.7. The molecule has 2 N–H and O–H groups in total. The van der Waals surface area contributed by atoms with Gasteiger partial charge in [0.25, 0.3) is 5.91 Å². The number of nitrogens with zero attached hydrogens (tertiary/aromatic N) is 2. The molecular formula is C19H20N4O2S. The Morgan fingerprint density at radius 2 is 1.85 bits per heavy atom. The lowest BCUT2D eigenvalue weighted by Crippen LogP contribution is -2.37. The van der Waals surface area contributed by atoms with Crippen molar-refractivity contribution in [1.29, 1.82) is 0 Å². The van der Waals surface area contributed by atoms with E-state index in [9.17, 15) is 9.59 Å². The number of amides is 2. The van der Waals surface area contributed by atoms with Crippen molar-refractivity contribution in [2.45, 2.75) is 11.6 Å². The van der Waals surface area contributed by atoms with Gasteiger partial charge in [0.05, 0.1) is 12.1 Å². The van der Waals surface area contributed by atoms with Gasteiger partial charge in [0, 0.05) is 12.7 Å². The maximum Gasteiger partial charge on any atom is 0.272 e. The number of pyridine rings is 1. The Morgan fingerprint density at radius 3 is 2.62 bits per heavy atom. The first-order valence-corrected chi connectivity index (χ1v) is 9.51. The number of benzene rings is 1. The molecule has 1 aromatic carbocycles. The van der Waals surface area contributed by atoms with Gasteiger partial charge in [-0.1, -0.05) is 48.2 Å². The summed E-state index contributed by atoms with van der Waals surface area (Å²) >= 11 is 1.46. The van der Waals surface area contributed by atoms with Crippen molar-refractivity contribution in [3.05, 3.63) is 66.0 Å². The van der Waals surface area contributed by atoms with E-state index in [0.29, 0.717) is 12.2 Å². The summed E-state index contributed by atoms with van der Waals surface area (Å²) in [6, 6.07) is 15.5. The fourth-order valence-corrected chi connectivity index (χ4v) is 3.16. The SMILES string of the molecule is CSc1nc(C(=O)NCC(=O)NCCc2ccccc2)c2ccccn12. The molecule has 6 nitrogen and oxygen atoms in total. The molecule has 134 valence electrons. The molecule has 0 unspecified atom stereocenters. The average Bonchev–Trinajstić information content (AvgIpc) is 3.06. The van der Waals surface area contributed by atoms with Crippen LogP contribution in [0.15, 0.2) is 59.9 Å². The molecule has 0 aliphatic heterocycles. The predicted molar refractivity (Wildman–Crippen MR) is 102 cm³/mol. The quantitative estimate of drug-likeness (QED) is 0.627. The van der Waals surface area contributed by atoms with Crippen LogP contribution < -0.4 is 10.6 Å². The highest BCUT2D eigenvalue weighted by Crippen LogP contribution is 2.19. The van der Waals surface area contributed by atoms with Gasteiger partial charge in [0.15, 0.2) is 10.9 Å². The third-order valence-electron chi connectivity index (χ3n) is 3.90. The number of aromatic nitrogens is 2. The topological polar surface area (TPSA) is 75.5 Å². The Labute approximate surface area is 156 Å². The van der Waals surface area contributed by atoms with E-state index >= 15 is 0 Å². The first kappa shape index (κ1) is 18.0. The van der Waals surface area contributed by atoms with Crippen LogP contribution in [0.25, 0.3) is 5.52 Å². The Hall–Kier alpha value is -2.80. The highest BCUT2D eigenvalue weighted by molar-refractivity contribution is 7.98. The van der Waals surface area contributed by atoms with Crippen LogP contribution in [-0.4, -0.2) is 40.5 Å². The van der Waals surface area contributed by atoms with Gasteiger partial charge in [0.2, 0.25) is 5.91 Å². The van der Waals surface area contributed by atoms with Crippen molar-refractivity contribution >= 4 is 29.1 Å². The van der Waals surface area contributed by atoms with Gasteiger partial charge in [-0.25, -0.2) is 4.98 Å². The van der Waals surface area contributed by atoms with E-state index in [2.05, 4.69) is 15.6 Å². The van der Waals surface area contributed by atoms with Gasteiger partial charge in [-0.2, -0.15) is 0 Å². The smallest absolute Gasteiger partial charge is 0.272 e. The molecule has 0 bridgehead atoms. The molecule has 0 atom stereocenters. The summed E-state index contributed by atoms with van der Waals surface area (Å²) in [5, 5.41) is 6.18. The van der Waals surface area contributed by atoms with E-state index in [1.54, 1.807) is 0 Å². The van der Waals surface area contributed by atoms with Crippen LogP contribution in [0.1, 0.15) is 16.1 Å². The largest absolute Gasteiger partial charge is 0.354 e. The number of carbonyl (C=O) groups excluding carboxylic acids is 2. The second-order valence-corrected chi connectivity index (χ2v) is 6.44. The van der Waals surface area contributed by atoms with Crippen molar-refractivity contribution in [2.24, 2.45) is 0 Å². The molecule has 2 amide bonds. The summed E-state index contributed by atoms with van der Waals surface area (Å²) in [6.45, 7) is 0.455. The number of hydrogen-bond donors (Lipinski definition) is 2. The van der Waals surface area contributed by atoms with Gasteiger partial charge in [0.1, 0.15) is 0 Å². The average molecular weight is 368 g/mol. The molecule has 0 saturated heterocycles. The zero-order chi connectivity index (χ0) is 18.4. The number of imidazole rings is 1. The first-order valence-electron chi connectivity index (χ1n) is 8.29. The number of rotatable bonds is 7. The molecule has 26 heavy (non-hydrogen) atoms. The summed E-state index contributed by atoms with van der Waals surface area (Å²) in [6.07, 6.45) is 4.52. The summed E-state index contributed by atoms with van der Waals surface area (Å²) < 4.78 is 1.86. The van der Waals surface area contributed by atoms with Gasteiger partial charge in [-0.3, -0.25) is 14.0 Å². The fourth-order valence-electron chi connectivity index (χ4n) is 2.62. The van der Waals surface area contributed by atoms with Crippen LogP contribution in [0.3, 0.4) is 0 Å². The van der Waals surface area contributed by atoms with Crippen molar-refractivity contribution in [2.75, 3.05) is 19.3 Å². The maximum absolute atomic E-state index is 12.4. The van der Waals surface area contributed by atoms with Gasteiger partial charge in [-0.15, -0.1) is 0 Å². The predicted octanol–water partition coefficient (Wildman–Crippen LogP) is 2.14. The molecule has 3 aromatic rings. The van der Waals surface area contributed by atoms with Crippen LogP contribution in [-0.2, 0) is 11.2 Å². The van der Waals surface area contributed by atoms with Gasteiger partial charge in [-0.05, 0) is 30.4 Å². The number of nitrogens with one attached hydrogen (secondary N) is 2. The lowest BCUT2D eigenvalue weighted by Gasteiger charge is -2.06. The Morgan fingerprint density at radius 1 is 1.08 bits per heavy atom. The van der Waals surface area contributed by atoms with E-state index in [1.165, 1.54) is 11.8 Å². The molecule has 3 rings (SSSR count). The van der Waals surface area contributed by atoms with Crippen molar-refractivity contribution in [3.8, 4) is 0 Å². The third kappa shape index (κ3) is 4.23. The molecule has 2 heterocycles. The summed E-state index contributed by atoms with van der Waals surface area (Å²) in [5.41, 5.74) is 2.21. The standard InChI is InChI=1S/C19H20N4O2S/c1-26-19-22-17(15-9-5-6-12-23(15)19)18(25)21-13-16(24)20-11-10-14-7-3-2-4-8-14/h2-9,12H,10-11,13H2,1H3,(H,20,24)(H,21,25). The minimum absolute atomic E-state index is 0.0753. The van der Waals surface area contributed by atoms with E-state index in [0.717, 1.165) is 22.7 Å². The second kappa shape index (κ2) is 8.53. The molecule has 0 aliphatic carbocycles. The molecule has 0 fully saturated rings. The number of carbonyl (C=O) groups is 2. The highest BCUT2D eigenvalue weighted by atomic mass is 32.2. The van der Waals surface area contributed by atoms with Crippen LogP contribution in [0.4, 0.5) is 0 Å². The fraction of sp³-hybridized carbons (Fsp3) is 0.211. The van der Waals surface area contributed by atoms with Gasteiger partial charge < -0.3 is 10.6 Å². The third-order valence-corrected chi connectivity index (χ3v) is 4.55. The zero-order valence-electron chi connectivity index (χ0n) is 14.4. The minimum atomic E-state index is -0.354. The molecular weight excluding hydrogens is 348 g/mol. The van der Waals surface area contributed by atoms with Crippen LogP contribution in [0, 0.1) is 0 Å². The lowest BCUT2D eigenvalue weighted by atomic mass is 10.1. The van der Waals surface area contributed by atoms with E-state index in [4.69, 9.17) is 0 Å². The first-order chi connectivity index (χ1) is 12.7. The number of hydrogen-bond acceptors (Lipinski definition) is 4. The Balaban J connectivity index is 1.53. The van der Waals surface area contributed by atoms with Crippen molar-refractivity contribution in [3.63, 3.8) is 0 Å². The van der Waals surface area contributed by atoms with Crippen LogP contribution in [0.2, 0.25) is 0 Å². The molecule has 7 heteroatoms. The van der Waals surface area contributed by atoms with Crippen molar-refractivity contribution < 1.29 is 9.59 Å². The molecule has 0 aliphatic rings. The summed E-state index contributed by atoms with van der Waals surface area (Å²) in [5.74, 6) is -0.574. The normalized spacial score (nSPS) is 10.7.